The Morgan fingerprint density at radius 2 is 1.82 bits per heavy atom. The van der Waals surface area contributed by atoms with Gasteiger partial charge in [0.15, 0.2) is 15.3 Å². The zero-order valence-electron chi connectivity index (χ0n) is 17.9. The van der Waals surface area contributed by atoms with E-state index in [9.17, 15) is 28.1 Å². The highest BCUT2D eigenvalue weighted by molar-refractivity contribution is 7.91. The predicted molar refractivity (Wildman–Crippen MR) is 120 cm³/mol. The van der Waals surface area contributed by atoms with E-state index in [1.54, 1.807) is 13.0 Å². The molecule has 0 spiro atoms. The van der Waals surface area contributed by atoms with Gasteiger partial charge in [-0.15, -0.1) is 0 Å². The number of non-ortho nitro benzene ring substituents is 1. The van der Waals surface area contributed by atoms with Crippen LogP contribution in [0.3, 0.4) is 0 Å². The second-order valence-electron chi connectivity index (χ2n) is 8.65. The number of nitrogens with zero attached hydrogens (tertiary/aromatic N) is 2. The van der Waals surface area contributed by atoms with Gasteiger partial charge in [-0.3, -0.25) is 19.7 Å². The number of carbonyl (C=O) groups is 1. The molecule has 2 aromatic carbocycles. The second kappa shape index (κ2) is 7.24. The lowest BCUT2D eigenvalue weighted by atomic mass is 9.96. The summed E-state index contributed by atoms with van der Waals surface area (Å²) in [5, 5.41) is 11.4. The van der Waals surface area contributed by atoms with E-state index in [1.807, 2.05) is 13.0 Å². The largest absolute Gasteiger partial charge is 0.450 e. The van der Waals surface area contributed by atoms with Crippen LogP contribution in [0.4, 0.5) is 5.69 Å². The van der Waals surface area contributed by atoms with Crippen molar-refractivity contribution >= 4 is 32.4 Å². The number of rotatable bonds is 3. The molecule has 1 saturated heterocycles. The van der Waals surface area contributed by atoms with Crippen LogP contribution in [0.2, 0.25) is 0 Å². The molecule has 3 aromatic rings. The molecule has 0 N–H and O–H groups in total. The molecule has 170 valence electrons. The van der Waals surface area contributed by atoms with Crippen LogP contribution in [-0.4, -0.2) is 41.7 Å². The average molecular weight is 468 g/mol. The zero-order chi connectivity index (χ0) is 23.7. The molecule has 0 aliphatic carbocycles. The van der Waals surface area contributed by atoms with Crippen molar-refractivity contribution in [1.29, 1.82) is 0 Å². The summed E-state index contributed by atoms with van der Waals surface area (Å²) >= 11 is 0. The van der Waals surface area contributed by atoms with E-state index in [-0.39, 0.29) is 40.4 Å². The minimum atomic E-state index is -3.32. The van der Waals surface area contributed by atoms with Crippen molar-refractivity contribution in [2.75, 3.05) is 11.5 Å². The molecule has 0 radical (unpaired) electrons. The quantitative estimate of drug-likeness (QED) is 0.427. The van der Waals surface area contributed by atoms with Crippen molar-refractivity contribution in [1.82, 2.24) is 4.90 Å². The van der Waals surface area contributed by atoms with Crippen LogP contribution < -0.4 is 5.43 Å². The molecule has 2 unspecified atom stereocenters. The van der Waals surface area contributed by atoms with E-state index < -0.39 is 32.8 Å². The Kier molecular flexibility index (Phi) is 4.68. The molecule has 1 aromatic heterocycles. The number of sulfone groups is 1. The molecule has 5 rings (SSSR count). The van der Waals surface area contributed by atoms with Gasteiger partial charge in [-0.05, 0) is 55.2 Å². The number of aryl methyl sites for hydroxylation is 2. The van der Waals surface area contributed by atoms with Gasteiger partial charge in [-0.1, -0.05) is 6.07 Å². The van der Waals surface area contributed by atoms with Gasteiger partial charge in [0.05, 0.1) is 33.4 Å². The summed E-state index contributed by atoms with van der Waals surface area (Å²) in [5.74, 6) is -0.907. The Labute approximate surface area is 188 Å². The summed E-state index contributed by atoms with van der Waals surface area (Å²) in [7, 11) is -3.32. The van der Waals surface area contributed by atoms with E-state index in [4.69, 9.17) is 4.42 Å². The van der Waals surface area contributed by atoms with Crippen molar-refractivity contribution in [3.05, 3.63) is 84.7 Å². The highest BCUT2D eigenvalue weighted by Crippen LogP contribution is 2.42. The van der Waals surface area contributed by atoms with Gasteiger partial charge in [-0.25, -0.2) is 8.42 Å². The summed E-state index contributed by atoms with van der Waals surface area (Å²) in [6.45, 7) is 3.65. The molecule has 1 amide bonds. The van der Waals surface area contributed by atoms with Crippen molar-refractivity contribution in [2.24, 2.45) is 0 Å². The number of nitro benzene ring substituents is 1. The van der Waals surface area contributed by atoms with E-state index >= 15 is 0 Å². The van der Waals surface area contributed by atoms with Crippen LogP contribution in [0.5, 0.6) is 0 Å². The molecule has 10 heteroatoms. The molecule has 9 nitrogen and oxygen atoms in total. The van der Waals surface area contributed by atoms with Crippen LogP contribution in [0.1, 0.15) is 45.3 Å². The van der Waals surface area contributed by atoms with Crippen molar-refractivity contribution in [3.63, 3.8) is 0 Å². The Balaban J connectivity index is 1.76. The van der Waals surface area contributed by atoms with Gasteiger partial charge < -0.3 is 9.32 Å². The van der Waals surface area contributed by atoms with Gasteiger partial charge in [0.25, 0.3) is 11.6 Å². The van der Waals surface area contributed by atoms with E-state index in [2.05, 4.69) is 0 Å². The zero-order valence-corrected chi connectivity index (χ0v) is 18.7. The third-order valence-corrected chi connectivity index (χ3v) is 8.11. The summed E-state index contributed by atoms with van der Waals surface area (Å²) in [5.41, 5.74) is 2.02. The lowest BCUT2D eigenvalue weighted by Gasteiger charge is -2.30. The van der Waals surface area contributed by atoms with E-state index in [0.717, 1.165) is 5.56 Å². The number of nitro groups is 1. The third kappa shape index (κ3) is 3.32. The Hall–Kier alpha value is -3.53. The standard InChI is InChI=1S/C23H20N2O7S/c1-12-9-13(2)21-17(10-12)20(26)18-19(14-3-5-15(6-4-14)25(28)29)24(23(27)22(18)32-21)16-7-8-33(30,31)11-16/h3-6,9-10,16,19H,7-8,11H2,1-2H3. The molecule has 2 aliphatic rings. The summed E-state index contributed by atoms with van der Waals surface area (Å²) < 4.78 is 30.4. The summed E-state index contributed by atoms with van der Waals surface area (Å²) in [6.07, 6.45) is 0.247. The fraction of sp³-hybridized carbons (Fsp3) is 0.304. The molecule has 0 bridgehead atoms. The smallest absolute Gasteiger partial charge is 0.291 e. The van der Waals surface area contributed by atoms with Gasteiger partial charge in [-0.2, -0.15) is 0 Å². The first kappa shape index (κ1) is 21.3. The number of carbonyl (C=O) groups excluding carboxylic acids is 1. The van der Waals surface area contributed by atoms with Crippen LogP contribution in [0.25, 0.3) is 11.0 Å². The van der Waals surface area contributed by atoms with Crippen LogP contribution in [-0.2, 0) is 9.84 Å². The van der Waals surface area contributed by atoms with Crippen LogP contribution in [0, 0.1) is 24.0 Å². The summed E-state index contributed by atoms with van der Waals surface area (Å²) in [4.78, 5) is 39.1. The summed E-state index contributed by atoms with van der Waals surface area (Å²) in [6, 6.07) is 7.63. The number of hydrogen-bond acceptors (Lipinski definition) is 7. The SMILES string of the molecule is Cc1cc(C)c2oc3c(c(=O)c2c1)C(c1ccc([N+](=O)[O-])cc1)N(C1CCS(=O)(=O)C1)C3=O. The molecule has 2 atom stereocenters. The van der Waals surface area contributed by atoms with E-state index in [1.165, 1.54) is 29.2 Å². The third-order valence-electron chi connectivity index (χ3n) is 6.36. The predicted octanol–water partition coefficient (Wildman–Crippen LogP) is 3.05. The van der Waals surface area contributed by atoms with Crippen molar-refractivity contribution < 1.29 is 22.6 Å². The monoisotopic (exact) mass is 468 g/mol. The number of benzene rings is 2. The lowest BCUT2D eigenvalue weighted by molar-refractivity contribution is -0.384. The van der Waals surface area contributed by atoms with E-state index in [0.29, 0.717) is 22.1 Å². The maximum absolute atomic E-state index is 13.7. The number of amides is 1. The second-order valence-corrected chi connectivity index (χ2v) is 10.9. The fourth-order valence-electron chi connectivity index (χ4n) is 4.92. The molecule has 0 saturated carbocycles. The molecule has 33 heavy (non-hydrogen) atoms. The first-order chi connectivity index (χ1) is 15.6. The van der Waals surface area contributed by atoms with Gasteiger partial charge in [0.1, 0.15) is 5.58 Å². The average Bonchev–Trinajstić information content (AvgIpc) is 3.25. The minimum Gasteiger partial charge on any atom is -0.450 e. The molecular weight excluding hydrogens is 448 g/mol. The lowest BCUT2D eigenvalue weighted by Crippen LogP contribution is -2.40. The normalized spacial score (nSPS) is 21.5. The van der Waals surface area contributed by atoms with Gasteiger partial charge in [0.2, 0.25) is 5.76 Å². The van der Waals surface area contributed by atoms with Gasteiger partial charge in [0, 0.05) is 18.2 Å². The highest BCUT2D eigenvalue weighted by atomic mass is 32.2. The molecular formula is C23H20N2O7S. The van der Waals surface area contributed by atoms with Crippen molar-refractivity contribution in [3.8, 4) is 0 Å². The first-order valence-electron chi connectivity index (χ1n) is 10.4. The topological polar surface area (TPSA) is 128 Å². The molecule has 3 heterocycles. The van der Waals surface area contributed by atoms with Crippen molar-refractivity contribution in [2.45, 2.75) is 32.4 Å². The Morgan fingerprint density at radius 1 is 1.12 bits per heavy atom. The molecule has 2 aliphatic heterocycles. The van der Waals surface area contributed by atoms with Crippen LogP contribution >= 0.6 is 0 Å². The fourth-order valence-corrected chi connectivity index (χ4v) is 6.63. The maximum Gasteiger partial charge on any atom is 0.291 e. The van der Waals surface area contributed by atoms with Gasteiger partial charge >= 0.3 is 0 Å². The molecule has 1 fully saturated rings. The number of hydrogen-bond donors (Lipinski definition) is 0. The van der Waals surface area contributed by atoms with Crippen LogP contribution in [0.15, 0.2) is 45.6 Å². The Bertz CT molecular complexity index is 1510. The first-order valence-corrected chi connectivity index (χ1v) is 12.2. The maximum atomic E-state index is 13.7. The highest BCUT2D eigenvalue weighted by Gasteiger charge is 2.48. The number of fused-ring (bicyclic) bond motifs is 2. The Morgan fingerprint density at radius 3 is 2.42 bits per heavy atom. The minimum absolute atomic E-state index is 0.0492.